The lowest BCUT2D eigenvalue weighted by Crippen LogP contribution is -1.94. The van der Waals surface area contributed by atoms with Crippen molar-refractivity contribution in [1.29, 1.82) is 0 Å². The maximum Gasteiger partial charge on any atom is 0.247 e. The molecule has 0 radical (unpaired) electrons. The molecule has 0 bridgehead atoms. The number of pyridine rings is 1. The van der Waals surface area contributed by atoms with Gasteiger partial charge in [-0.15, -0.1) is 0 Å². The van der Waals surface area contributed by atoms with Gasteiger partial charge in [-0.3, -0.25) is 4.79 Å². The molecule has 5 heteroatoms. The van der Waals surface area contributed by atoms with E-state index in [-0.39, 0.29) is 4.69 Å². The molecule has 0 aromatic carbocycles. The highest BCUT2D eigenvalue weighted by molar-refractivity contribution is 9.18. The summed E-state index contributed by atoms with van der Waals surface area (Å²) in [5.74, 6) is 0. The first-order valence-electron chi connectivity index (χ1n) is 2.63. The van der Waals surface area contributed by atoms with E-state index >= 15 is 0 Å². The summed E-state index contributed by atoms with van der Waals surface area (Å²) in [5, 5.41) is 0. The van der Waals surface area contributed by atoms with Crippen LogP contribution < -0.4 is 0 Å². The van der Waals surface area contributed by atoms with Crippen LogP contribution in [0.5, 0.6) is 0 Å². The zero-order chi connectivity index (χ0) is 8.43. The molecular weight excluding hydrogens is 342 g/mol. The molecule has 0 unspecified atom stereocenters. The molecule has 1 aromatic heterocycles. The van der Waals surface area contributed by atoms with Gasteiger partial charge in [-0.2, -0.15) is 0 Å². The van der Waals surface area contributed by atoms with Gasteiger partial charge in [0, 0.05) is 4.47 Å². The van der Waals surface area contributed by atoms with Crippen molar-refractivity contribution in [2.45, 2.75) is 0 Å². The third kappa shape index (κ3) is 2.35. The third-order valence-corrected chi connectivity index (χ3v) is 2.46. The molecule has 0 aliphatic heterocycles. The number of hydrogen-bond acceptors (Lipinski definition) is 2. The Kier molecular flexibility index (Phi) is 3.21. The minimum absolute atomic E-state index is 0.231. The maximum atomic E-state index is 10.8. The fourth-order valence-electron chi connectivity index (χ4n) is 0.556. The van der Waals surface area contributed by atoms with Crippen molar-refractivity contribution >= 4 is 52.5 Å². The lowest BCUT2D eigenvalue weighted by Gasteiger charge is -1.96. The Morgan fingerprint density at radius 3 is 2.45 bits per heavy atom. The molecule has 0 amide bonds. The number of carbonyl (C=O) groups is 1. The fourth-order valence-corrected chi connectivity index (χ4v) is 1.83. The molecule has 0 N–H and O–H groups in total. The maximum absolute atomic E-state index is 10.8. The lowest BCUT2D eigenvalue weighted by atomic mass is 10.4. The zero-order valence-corrected chi connectivity index (χ0v) is 9.90. The van der Waals surface area contributed by atoms with Crippen molar-refractivity contribution in [3.63, 3.8) is 0 Å². The van der Waals surface area contributed by atoms with Gasteiger partial charge in [0.05, 0.1) is 0 Å². The van der Waals surface area contributed by atoms with E-state index in [0.717, 1.165) is 0 Å². The second-order valence-electron chi connectivity index (χ2n) is 1.74. The first-order chi connectivity index (χ1) is 5.11. The van der Waals surface area contributed by atoms with Crippen LogP contribution in [0.1, 0.15) is 10.5 Å². The summed E-state index contributed by atoms with van der Waals surface area (Å²) < 4.78 is 1.09. The summed E-state index contributed by atoms with van der Waals surface area (Å²) in [6.45, 7) is 0. The highest BCUT2D eigenvalue weighted by Crippen LogP contribution is 2.19. The lowest BCUT2D eigenvalue weighted by molar-refractivity contribution is 0.109. The van der Waals surface area contributed by atoms with Crippen LogP contribution in [-0.4, -0.2) is 9.68 Å². The highest BCUT2D eigenvalue weighted by Gasteiger charge is 2.07. The quantitative estimate of drug-likeness (QED) is 0.579. The summed E-state index contributed by atoms with van der Waals surface area (Å²) in [7, 11) is 0. The van der Waals surface area contributed by atoms with Gasteiger partial charge in [0.1, 0.15) is 10.3 Å². The number of rotatable bonds is 1. The van der Waals surface area contributed by atoms with Crippen molar-refractivity contribution < 1.29 is 4.79 Å². The Bertz CT molecular complexity index is 300. The van der Waals surface area contributed by atoms with Crippen LogP contribution in [0, 0.1) is 0 Å². The molecule has 0 aliphatic rings. The predicted octanol–water partition coefficient (Wildman–Crippen LogP) is 3.14. The normalized spacial score (nSPS) is 9.73. The molecule has 0 saturated heterocycles. The molecular formula is C6H2Br3NO. The van der Waals surface area contributed by atoms with Gasteiger partial charge in [-0.05, 0) is 59.9 Å². The predicted molar refractivity (Wildman–Crippen MR) is 52.9 cm³/mol. The van der Waals surface area contributed by atoms with Crippen LogP contribution in [-0.2, 0) is 0 Å². The minimum atomic E-state index is -0.231. The number of nitrogens with zero attached hydrogens (tertiary/aromatic N) is 1. The van der Waals surface area contributed by atoms with E-state index < -0.39 is 0 Å². The Morgan fingerprint density at radius 2 is 2.00 bits per heavy atom. The molecule has 1 heterocycles. The van der Waals surface area contributed by atoms with Crippen molar-refractivity contribution in [2.75, 3.05) is 0 Å². The average Bonchev–Trinajstić information content (AvgIpc) is 1.94. The Labute approximate surface area is 88.8 Å². The van der Waals surface area contributed by atoms with E-state index in [9.17, 15) is 4.79 Å². The Hall–Kier alpha value is 0.260. The van der Waals surface area contributed by atoms with E-state index in [2.05, 4.69) is 52.8 Å². The summed E-state index contributed by atoms with van der Waals surface area (Å²) in [6, 6.07) is 3.51. The van der Waals surface area contributed by atoms with Gasteiger partial charge in [0.2, 0.25) is 4.69 Å². The van der Waals surface area contributed by atoms with Crippen LogP contribution in [0.15, 0.2) is 21.2 Å². The molecule has 0 fully saturated rings. The van der Waals surface area contributed by atoms with Gasteiger partial charge >= 0.3 is 0 Å². The molecule has 58 valence electrons. The second-order valence-corrected chi connectivity index (χ2v) is 4.13. The van der Waals surface area contributed by atoms with Crippen molar-refractivity contribution in [1.82, 2.24) is 4.98 Å². The molecule has 1 aromatic rings. The van der Waals surface area contributed by atoms with Crippen LogP contribution in [0.25, 0.3) is 0 Å². The number of hydrogen-bond donors (Lipinski definition) is 0. The summed E-state index contributed by atoms with van der Waals surface area (Å²) in [6.07, 6.45) is 0. The van der Waals surface area contributed by atoms with Crippen molar-refractivity contribution in [2.24, 2.45) is 0 Å². The van der Waals surface area contributed by atoms with Crippen LogP contribution >= 0.6 is 47.8 Å². The standard InChI is InChI=1S/C6H2Br3NO/c7-3-1-2-4(8)10-5(3)6(9)11/h1-2H. The van der Waals surface area contributed by atoms with E-state index in [4.69, 9.17) is 0 Å². The number of carbonyl (C=O) groups excluding carboxylic acids is 1. The van der Waals surface area contributed by atoms with E-state index in [1.807, 2.05) is 0 Å². The second kappa shape index (κ2) is 3.78. The molecule has 0 aliphatic carbocycles. The van der Waals surface area contributed by atoms with Crippen molar-refractivity contribution in [3.8, 4) is 0 Å². The fraction of sp³-hybridized carbons (Fsp3) is 0. The summed E-state index contributed by atoms with van der Waals surface area (Å²) in [4.78, 5) is 14.8. The highest BCUT2D eigenvalue weighted by atomic mass is 79.9. The average molecular weight is 344 g/mol. The smallest absolute Gasteiger partial charge is 0.247 e. The SMILES string of the molecule is O=C(Br)c1nc(Br)ccc1Br. The van der Waals surface area contributed by atoms with Gasteiger partial charge < -0.3 is 0 Å². The number of aromatic nitrogens is 1. The van der Waals surface area contributed by atoms with Crippen LogP contribution in [0.2, 0.25) is 0 Å². The van der Waals surface area contributed by atoms with Gasteiger partial charge in [0.15, 0.2) is 0 Å². The van der Waals surface area contributed by atoms with Crippen molar-refractivity contribution in [3.05, 3.63) is 26.9 Å². The van der Waals surface area contributed by atoms with E-state index in [1.54, 1.807) is 12.1 Å². The van der Waals surface area contributed by atoms with Gasteiger partial charge in [-0.25, -0.2) is 4.98 Å². The third-order valence-electron chi connectivity index (χ3n) is 0.998. The first-order valence-corrected chi connectivity index (χ1v) is 5.01. The number of halogens is 3. The summed E-state index contributed by atoms with van der Waals surface area (Å²) in [5.41, 5.74) is 0.374. The molecule has 0 saturated carbocycles. The van der Waals surface area contributed by atoms with Gasteiger partial charge in [0.25, 0.3) is 0 Å². The molecule has 11 heavy (non-hydrogen) atoms. The summed E-state index contributed by atoms with van der Waals surface area (Å²) >= 11 is 9.17. The molecule has 0 spiro atoms. The molecule has 1 rings (SSSR count). The van der Waals surface area contributed by atoms with Crippen LogP contribution in [0.4, 0.5) is 0 Å². The minimum Gasteiger partial charge on any atom is -0.279 e. The molecule has 2 nitrogen and oxygen atoms in total. The zero-order valence-electron chi connectivity index (χ0n) is 5.14. The Morgan fingerprint density at radius 1 is 1.36 bits per heavy atom. The van der Waals surface area contributed by atoms with E-state index in [0.29, 0.717) is 14.8 Å². The van der Waals surface area contributed by atoms with Crippen LogP contribution in [0.3, 0.4) is 0 Å². The molecule has 0 atom stereocenters. The first kappa shape index (κ1) is 9.35. The monoisotopic (exact) mass is 341 g/mol. The van der Waals surface area contributed by atoms with Gasteiger partial charge in [-0.1, -0.05) is 0 Å². The largest absolute Gasteiger partial charge is 0.279 e. The van der Waals surface area contributed by atoms with E-state index in [1.165, 1.54) is 0 Å². The Balaban J connectivity index is 3.23. The topological polar surface area (TPSA) is 30.0 Å².